The van der Waals surface area contributed by atoms with Gasteiger partial charge in [-0.15, -0.1) is 0 Å². The number of likely N-dealkylation sites (tertiary alicyclic amines) is 1. The van der Waals surface area contributed by atoms with Crippen molar-refractivity contribution in [1.82, 2.24) is 19.9 Å². The van der Waals surface area contributed by atoms with E-state index >= 15 is 0 Å². The van der Waals surface area contributed by atoms with Crippen LogP contribution in [0.2, 0.25) is 0 Å². The maximum absolute atomic E-state index is 13.1. The summed E-state index contributed by atoms with van der Waals surface area (Å²) in [5, 5.41) is 7.12. The van der Waals surface area contributed by atoms with Gasteiger partial charge in [0.2, 0.25) is 5.95 Å². The predicted octanol–water partition coefficient (Wildman–Crippen LogP) is 2.78. The number of pyridine rings is 1. The maximum Gasteiger partial charge on any atom is 0.490 e. The standard InChI is InChI=1S/C18H20FN5O.C2HF3O2/c19-15-10-21-17(22-11-15)24-8-1-4-18(13-24)5-9-23(12-18)16(25)14-2-6-20-7-3-14;3-2(4,5)1(6)7/h2-3,6-7,10-11H,1,4-5,8-9,12-13H2;(H,6,7). The predicted molar refractivity (Wildman–Crippen MR) is 104 cm³/mol. The molecule has 0 radical (unpaired) electrons. The van der Waals surface area contributed by atoms with E-state index < -0.39 is 18.0 Å². The molecule has 12 heteroatoms. The fourth-order valence-electron chi connectivity index (χ4n) is 3.97. The average Bonchev–Trinajstić information content (AvgIpc) is 3.17. The van der Waals surface area contributed by atoms with Gasteiger partial charge >= 0.3 is 12.1 Å². The Morgan fingerprint density at radius 3 is 2.25 bits per heavy atom. The molecule has 1 unspecified atom stereocenters. The van der Waals surface area contributed by atoms with Gasteiger partial charge in [0.25, 0.3) is 5.91 Å². The quantitative estimate of drug-likeness (QED) is 0.696. The molecule has 2 fully saturated rings. The highest BCUT2D eigenvalue weighted by Crippen LogP contribution is 2.40. The molecule has 2 aromatic rings. The maximum atomic E-state index is 13.1. The lowest BCUT2D eigenvalue weighted by molar-refractivity contribution is -0.192. The van der Waals surface area contributed by atoms with Crippen LogP contribution in [-0.4, -0.2) is 69.2 Å². The van der Waals surface area contributed by atoms with Gasteiger partial charge in [-0.1, -0.05) is 0 Å². The highest BCUT2D eigenvalue weighted by molar-refractivity contribution is 5.94. The number of piperidine rings is 1. The number of carbonyl (C=O) groups is 2. The van der Waals surface area contributed by atoms with Crippen LogP contribution in [0.15, 0.2) is 36.9 Å². The van der Waals surface area contributed by atoms with E-state index in [1.54, 1.807) is 24.5 Å². The van der Waals surface area contributed by atoms with Gasteiger partial charge in [0.15, 0.2) is 5.82 Å². The van der Waals surface area contributed by atoms with E-state index in [1.165, 1.54) is 12.4 Å². The van der Waals surface area contributed by atoms with Gasteiger partial charge in [-0.25, -0.2) is 19.2 Å². The largest absolute Gasteiger partial charge is 0.490 e. The molecule has 1 spiro atoms. The van der Waals surface area contributed by atoms with Gasteiger partial charge in [0, 0.05) is 49.6 Å². The summed E-state index contributed by atoms with van der Waals surface area (Å²) in [6.07, 6.45) is 3.71. The summed E-state index contributed by atoms with van der Waals surface area (Å²) in [4.78, 5) is 37.8. The average molecular weight is 455 g/mol. The number of carboxylic acids is 1. The van der Waals surface area contributed by atoms with E-state index in [-0.39, 0.29) is 11.3 Å². The third-order valence-electron chi connectivity index (χ3n) is 5.45. The lowest BCUT2D eigenvalue weighted by atomic mass is 9.79. The van der Waals surface area contributed by atoms with Crippen LogP contribution in [0.5, 0.6) is 0 Å². The summed E-state index contributed by atoms with van der Waals surface area (Å²) in [7, 11) is 0. The van der Waals surface area contributed by atoms with E-state index in [1.807, 2.05) is 4.90 Å². The van der Waals surface area contributed by atoms with Crippen molar-refractivity contribution in [3.05, 3.63) is 48.3 Å². The summed E-state index contributed by atoms with van der Waals surface area (Å²) in [6.45, 7) is 3.18. The van der Waals surface area contributed by atoms with E-state index in [4.69, 9.17) is 9.90 Å². The van der Waals surface area contributed by atoms with Crippen molar-refractivity contribution < 1.29 is 32.3 Å². The van der Waals surface area contributed by atoms with Crippen LogP contribution in [0.1, 0.15) is 29.6 Å². The normalized spacial score (nSPS) is 20.6. The Kier molecular flexibility index (Phi) is 6.90. The molecule has 2 aromatic heterocycles. The van der Waals surface area contributed by atoms with E-state index in [0.717, 1.165) is 45.4 Å². The number of hydrogen-bond acceptors (Lipinski definition) is 6. The molecule has 2 aliphatic heterocycles. The Balaban J connectivity index is 0.000000360. The number of carboxylic acid groups (broad SMARTS) is 1. The number of rotatable bonds is 2. The first-order chi connectivity index (χ1) is 15.1. The van der Waals surface area contributed by atoms with Gasteiger partial charge in [-0.05, 0) is 31.4 Å². The van der Waals surface area contributed by atoms with E-state index in [9.17, 15) is 22.4 Å². The summed E-state index contributed by atoms with van der Waals surface area (Å²) >= 11 is 0. The van der Waals surface area contributed by atoms with Crippen LogP contribution in [0.25, 0.3) is 0 Å². The van der Waals surface area contributed by atoms with Gasteiger partial charge in [-0.2, -0.15) is 13.2 Å². The van der Waals surface area contributed by atoms with Crippen LogP contribution in [0, 0.1) is 11.2 Å². The van der Waals surface area contributed by atoms with Crippen molar-refractivity contribution in [2.45, 2.75) is 25.4 Å². The van der Waals surface area contributed by atoms with Gasteiger partial charge in [-0.3, -0.25) is 9.78 Å². The third kappa shape index (κ3) is 5.68. The first kappa shape index (κ1) is 23.4. The summed E-state index contributed by atoms with van der Waals surface area (Å²) < 4.78 is 44.8. The molecule has 4 heterocycles. The molecule has 2 aliphatic rings. The van der Waals surface area contributed by atoms with Crippen molar-refractivity contribution in [3.8, 4) is 0 Å². The van der Waals surface area contributed by atoms with E-state index in [2.05, 4.69) is 19.9 Å². The molecule has 8 nitrogen and oxygen atoms in total. The SMILES string of the molecule is O=C(O)C(F)(F)F.O=C(c1ccncc1)N1CCC2(CCCN(c3ncc(F)cn3)C2)C1. The second kappa shape index (κ2) is 9.45. The van der Waals surface area contributed by atoms with Crippen LogP contribution in [0.3, 0.4) is 0 Å². The number of alkyl halides is 3. The number of amides is 1. The minimum Gasteiger partial charge on any atom is -0.475 e. The molecule has 1 N–H and O–H groups in total. The number of carbonyl (C=O) groups excluding carboxylic acids is 1. The topological polar surface area (TPSA) is 99.5 Å². The summed E-state index contributed by atoms with van der Waals surface area (Å²) in [6, 6.07) is 3.51. The lowest BCUT2D eigenvalue weighted by Gasteiger charge is -2.40. The van der Waals surface area contributed by atoms with Crippen molar-refractivity contribution in [3.63, 3.8) is 0 Å². The lowest BCUT2D eigenvalue weighted by Crippen LogP contribution is -2.46. The molecule has 4 rings (SSSR count). The van der Waals surface area contributed by atoms with Crippen molar-refractivity contribution >= 4 is 17.8 Å². The second-order valence-electron chi connectivity index (χ2n) is 7.74. The molecule has 1 atom stereocenters. The molecular weight excluding hydrogens is 434 g/mol. The molecule has 0 aliphatic carbocycles. The Bertz CT molecular complexity index is 943. The number of aliphatic carboxylic acids is 1. The fourth-order valence-corrected chi connectivity index (χ4v) is 3.97. The Morgan fingerprint density at radius 2 is 1.66 bits per heavy atom. The Morgan fingerprint density at radius 1 is 1.03 bits per heavy atom. The zero-order valence-electron chi connectivity index (χ0n) is 16.9. The van der Waals surface area contributed by atoms with E-state index in [0.29, 0.717) is 11.5 Å². The Labute approximate surface area is 180 Å². The highest BCUT2D eigenvalue weighted by Gasteiger charge is 2.43. The van der Waals surface area contributed by atoms with Gasteiger partial charge < -0.3 is 14.9 Å². The fraction of sp³-hybridized carbons (Fsp3) is 0.450. The third-order valence-corrected chi connectivity index (χ3v) is 5.45. The van der Waals surface area contributed by atoms with Gasteiger partial charge in [0.1, 0.15) is 0 Å². The molecule has 0 saturated carbocycles. The second-order valence-corrected chi connectivity index (χ2v) is 7.74. The number of nitrogens with zero attached hydrogens (tertiary/aromatic N) is 5. The smallest absolute Gasteiger partial charge is 0.475 e. The first-order valence-electron chi connectivity index (χ1n) is 9.82. The minimum absolute atomic E-state index is 0.0643. The number of anilines is 1. The Hall–Kier alpha value is -3.31. The zero-order chi connectivity index (χ0) is 23.4. The molecular formula is C20H21F4N5O3. The van der Waals surface area contributed by atoms with Crippen LogP contribution >= 0.6 is 0 Å². The monoisotopic (exact) mass is 455 g/mol. The molecule has 172 valence electrons. The van der Waals surface area contributed by atoms with Crippen molar-refractivity contribution in [2.24, 2.45) is 5.41 Å². The number of hydrogen-bond donors (Lipinski definition) is 1. The molecule has 0 aromatic carbocycles. The minimum atomic E-state index is -5.08. The van der Waals surface area contributed by atoms with Crippen LogP contribution < -0.4 is 4.90 Å². The highest BCUT2D eigenvalue weighted by atomic mass is 19.4. The summed E-state index contributed by atoms with van der Waals surface area (Å²) in [5.74, 6) is -2.55. The van der Waals surface area contributed by atoms with Crippen molar-refractivity contribution in [1.29, 1.82) is 0 Å². The van der Waals surface area contributed by atoms with Crippen LogP contribution in [0.4, 0.5) is 23.5 Å². The zero-order valence-corrected chi connectivity index (χ0v) is 16.9. The molecule has 0 bridgehead atoms. The number of aromatic nitrogens is 3. The van der Waals surface area contributed by atoms with Crippen molar-refractivity contribution in [2.75, 3.05) is 31.1 Å². The first-order valence-corrected chi connectivity index (χ1v) is 9.82. The number of halogens is 4. The molecule has 32 heavy (non-hydrogen) atoms. The molecule has 1 amide bonds. The molecule has 2 saturated heterocycles. The van der Waals surface area contributed by atoms with Crippen LogP contribution in [-0.2, 0) is 4.79 Å². The summed E-state index contributed by atoms with van der Waals surface area (Å²) in [5.41, 5.74) is 0.750. The van der Waals surface area contributed by atoms with Gasteiger partial charge in [0.05, 0.1) is 12.4 Å².